The molecule has 0 N–H and O–H groups in total. The molecule has 74 valence electrons. The van der Waals surface area contributed by atoms with E-state index >= 15 is 0 Å². The van der Waals surface area contributed by atoms with Crippen LogP contribution >= 0.6 is 0 Å². The van der Waals surface area contributed by atoms with Crippen molar-refractivity contribution in [2.45, 2.75) is 25.7 Å². The van der Waals surface area contributed by atoms with Gasteiger partial charge in [-0.25, -0.2) is 0 Å². The maximum atomic E-state index is 10.9. The van der Waals surface area contributed by atoms with Gasteiger partial charge < -0.3 is 9.53 Å². The molecule has 0 amide bonds. The topological polar surface area (TPSA) is 26.3 Å². The molecule has 0 saturated heterocycles. The number of ether oxygens (including phenoxy) is 1. The van der Waals surface area contributed by atoms with Crippen LogP contribution in [0.1, 0.15) is 29.0 Å². The molecule has 1 unspecified atom stereocenters. The highest BCUT2D eigenvalue weighted by Crippen LogP contribution is 2.39. The van der Waals surface area contributed by atoms with Gasteiger partial charge in [0.2, 0.25) is 0 Å². The van der Waals surface area contributed by atoms with E-state index in [1.54, 1.807) is 7.11 Å². The van der Waals surface area contributed by atoms with E-state index in [1.807, 2.05) is 6.07 Å². The maximum Gasteiger partial charge on any atom is 0.127 e. The molecule has 0 spiro atoms. The summed E-state index contributed by atoms with van der Waals surface area (Å²) < 4.78 is 5.29. The van der Waals surface area contributed by atoms with Gasteiger partial charge in [0.1, 0.15) is 12.0 Å². The number of benzene rings is 1. The van der Waals surface area contributed by atoms with Crippen LogP contribution in [0.2, 0.25) is 0 Å². The fourth-order valence-electron chi connectivity index (χ4n) is 2.25. The van der Waals surface area contributed by atoms with Crippen molar-refractivity contribution in [1.29, 1.82) is 0 Å². The standard InChI is InChI=1S/C12H14O2/c1-8-3-6-11(14-2)12-9(7-13)4-5-10(8)12/h3,6-7,9H,4-5H2,1-2H3. The fraction of sp³-hybridized carbons (Fsp3) is 0.417. The van der Waals surface area contributed by atoms with Crippen LogP contribution in [0.4, 0.5) is 0 Å². The third kappa shape index (κ3) is 1.22. The molecule has 0 fully saturated rings. The number of aldehydes is 1. The van der Waals surface area contributed by atoms with Crippen LogP contribution in [0.3, 0.4) is 0 Å². The van der Waals surface area contributed by atoms with Crippen molar-refractivity contribution in [1.82, 2.24) is 0 Å². The van der Waals surface area contributed by atoms with E-state index in [9.17, 15) is 4.79 Å². The predicted molar refractivity (Wildman–Crippen MR) is 54.9 cm³/mol. The van der Waals surface area contributed by atoms with E-state index in [1.165, 1.54) is 11.1 Å². The maximum absolute atomic E-state index is 10.9. The molecule has 0 saturated carbocycles. The van der Waals surface area contributed by atoms with Crippen molar-refractivity contribution in [2.75, 3.05) is 7.11 Å². The van der Waals surface area contributed by atoms with Crippen LogP contribution in [-0.2, 0) is 11.2 Å². The van der Waals surface area contributed by atoms with Gasteiger partial charge in [-0.15, -0.1) is 0 Å². The summed E-state index contributed by atoms with van der Waals surface area (Å²) in [5.74, 6) is 0.903. The minimum atomic E-state index is 0.0415. The van der Waals surface area contributed by atoms with Gasteiger partial charge in [0, 0.05) is 11.5 Å². The molecule has 1 atom stereocenters. The van der Waals surface area contributed by atoms with E-state index in [4.69, 9.17) is 4.74 Å². The van der Waals surface area contributed by atoms with E-state index < -0.39 is 0 Å². The van der Waals surface area contributed by atoms with Gasteiger partial charge in [0.15, 0.2) is 0 Å². The summed E-state index contributed by atoms with van der Waals surface area (Å²) in [7, 11) is 1.66. The number of hydrogen-bond acceptors (Lipinski definition) is 2. The number of methoxy groups -OCH3 is 1. The molecule has 0 aromatic heterocycles. The average molecular weight is 190 g/mol. The molecule has 0 heterocycles. The van der Waals surface area contributed by atoms with Crippen LogP contribution in [0.25, 0.3) is 0 Å². The van der Waals surface area contributed by atoms with Crippen molar-refractivity contribution < 1.29 is 9.53 Å². The third-order valence-corrected chi connectivity index (χ3v) is 3.01. The molecule has 1 aromatic rings. The smallest absolute Gasteiger partial charge is 0.127 e. The summed E-state index contributed by atoms with van der Waals surface area (Å²) in [4.78, 5) is 10.9. The molecule has 2 heteroatoms. The Morgan fingerprint density at radius 3 is 2.93 bits per heavy atom. The Morgan fingerprint density at radius 2 is 2.29 bits per heavy atom. The van der Waals surface area contributed by atoms with Gasteiger partial charge in [0.05, 0.1) is 7.11 Å². The second-order valence-corrected chi connectivity index (χ2v) is 3.76. The molecule has 1 aliphatic carbocycles. The van der Waals surface area contributed by atoms with Gasteiger partial charge in [-0.2, -0.15) is 0 Å². The molecule has 2 rings (SSSR count). The first-order valence-corrected chi connectivity index (χ1v) is 4.89. The zero-order chi connectivity index (χ0) is 10.1. The van der Waals surface area contributed by atoms with E-state index in [-0.39, 0.29) is 5.92 Å². The molecule has 0 bridgehead atoms. The lowest BCUT2D eigenvalue weighted by Gasteiger charge is -2.11. The minimum absolute atomic E-state index is 0.0415. The molecule has 1 aromatic carbocycles. The average Bonchev–Trinajstić information content (AvgIpc) is 2.63. The van der Waals surface area contributed by atoms with Crippen molar-refractivity contribution in [3.05, 3.63) is 28.8 Å². The number of aryl methyl sites for hydroxylation is 1. The normalized spacial score (nSPS) is 19.1. The van der Waals surface area contributed by atoms with Crippen LogP contribution in [0.5, 0.6) is 5.75 Å². The van der Waals surface area contributed by atoms with Crippen molar-refractivity contribution in [3.63, 3.8) is 0 Å². The van der Waals surface area contributed by atoms with Crippen LogP contribution in [0, 0.1) is 6.92 Å². The SMILES string of the molecule is COc1ccc(C)c2c1C(C=O)CC2. The Bertz CT molecular complexity index is 369. The molecule has 1 aliphatic rings. The van der Waals surface area contributed by atoms with Crippen molar-refractivity contribution in [3.8, 4) is 5.75 Å². The first-order valence-electron chi connectivity index (χ1n) is 4.89. The van der Waals surface area contributed by atoms with Gasteiger partial charge >= 0.3 is 0 Å². The quantitative estimate of drug-likeness (QED) is 0.668. The van der Waals surface area contributed by atoms with Crippen LogP contribution < -0.4 is 4.74 Å². The molecule has 2 nitrogen and oxygen atoms in total. The summed E-state index contributed by atoms with van der Waals surface area (Å²) >= 11 is 0. The predicted octanol–water partition coefficient (Wildman–Crippen LogP) is 2.23. The number of fused-ring (bicyclic) bond motifs is 1. The van der Waals surface area contributed by atoms with Crippen molar-refractivity contribution >= 4 is 6.29 Å². The molecular weight excluding hydrogens is 176 g/mol. The van der Waals surface area contributed by atoms with Crippen LogP contribution in [0.15, 0.2) is 12.1 Å². The lowest BCUT2D eigenvalue weighted by molar-refractivity contribution is -0.109. The number of rotatable bonds is 2. The van der Waals surface area contributed by atoms with E-state index in [2.05, 4.69) is 13.0 Å². The zero-order valence-corrected chi connectivity index (χ0v) is 8.54. The first kappa shape index (κ1) is 9.25. The third-order valence-electron chi connectivity index (χ3n) is 3.01. The van der Waals surface area contributed by atoms with E-state index in [0.717, 1.165) is 30.4 Å². The first-order chi connectivity index (χ1) is 6.77. The highest BCUT2D eigenvalue weighted by Gasteiger charge is 2.26. The Hall–Kier alpha value is -1.31. The molecule has 0 radical (unpaired) electrons. The van der Waals surface area contributed by atoms with Crippen molar-refractivity contribution in [2.24, 2.45) is 0 Å². The summed E-state index contributed by atoms with van der Waals surface area (Å²) in [5, 5.41) is 0. The second-order valence-electron chi connectivity index (χ2n) is 3.76. The monoisotopic (exact) mass is 190 g/mol. The Balaban J connectivity index is 2.59. The van der Waals surface area contributed by atoms with E-state index in [0.29, 0.717) is 0 Å². The largest absolute Gasteiger partial charge is 0.496 e. The van der Waals surface area contributed by atoms with Gasteiger partial charge in [-0.3, -0.25) is 0 Å². The fourth-order valence-corrected chi connectivity index (χ4v) is 2.25. The second kappa shape index (κ2) is 3.45. The Kier molecular flexibility index (Phi) is 2.28. The summed E-state index contributed by atoms with van der Waals surface area (Å²) in [6, 6.07) is 4.01. The summed E-state index contributed by atoms with van der Waals surface area (Å²) in [6.07, 6.45) is 2.97. The lowest BCUT2D eigenvalue weighted by Crippen LogP contribution is -1.99. The number of carbonyl (C=O) groups is 1. The highest BCUT2D eigenvalue weighted by atomic mass is 16.5. The Labute approximate surface area is 83.9 Å². The number of hydrogen-bond donors (Lipinski definition) is 0. The van der Waals surface area contributed by atoms with Crippen LogP contribution in [-0.4, -0.2) is 13.4 Å². The summed E-state index contributed by atoms with van der Waals surface area (Å²) in [6.45, 7) is 2.09. The highest BCUT2D eigenvalue weighted by molar-refractivity contribution is 5.68. The summed E-state index contributed by atoms with van der Waals surface area (Å²) in [5.41, 5.74) is 3.69. The Morgan fingerprint density at radius 1 is 1.50 bits per heavy atom. The van der Waals surface area contributed by atoms with Gasteiger partial charge in [-0.05, 0) is 37.0 Å². The molecular formula is C12H14O2. The minimum Gasteiger partial charge on any atom is -0.496 e. The van der Waals surface area contributed by atoms with Gasteiger partial charge in [-0.1, -0.05) is 6.07 Å². The van der Waals surface area contributed by atoms with Gasteiger partial charge in [0.25, 0.3) is 0 Å². The number of carbonyl (C=O) groups excluding carboxylic acids is 1. The molecule has 0 aliphatic heterocycles. The lowest BCUT2D eigenvalue weighted by atomic mass is 9.99. The molecule has 14 heavy (non-hydrogen) atoms. The zero-order valence-electron chi connectivity index (χ0n) is 8.54.